The Balaban J connectivity index is 3.26. The largest absolute Gasteiger partial charge is 0.507 e. The van der Waals surface area contributed by atoms with Gasteiger partial charge in [0.2, 0.25) is 6.41 Å². The van der Waals surface area contributed by atoms with Gasteiger partial charge in [0, 0.05) is 35.8 Å². The van der Waals surface area contributed by atoms with Crippen molar-refractivity contribution in [2.24, 2.45) is 0 Å². The van der Waals surface area contributed by atoms with Gasteiger partial charge in [-0.25, -0.2) is 0 Å². The molecule has 0 aliphatic carbocycles. The Hall–Kier alpha value is -1.88. The van der Waals surface area contributed by atoms with Crippen LogP contribution in [0.25, 0.3) is 5.57 Å². The minimum absolute atomic E-state index is 0.185. The standard InChI is InChI=1S/C16H22N2O2S/c1-5-21-17-14-6-7-16(20)15(9-14)13(8-12(2)3)10-18(4)11-19/h6-11,17,20H,5H2,1-4H3/b13-10+. The maximum atomic E-state index is 10.8. The molecule has 0 bridgehead atoms. The molecule has 0 radical (unpaired) electrons. The lowest BCUT2D eigenvalue weighted by atomic mass is 10.0. The highest BCUT2D eigenvalue weighted by Crippen LogP contribution is 2.30. The van der Waals surface area contributed by atoms with Crippen molar-refractivity contribution in [3.05, 3.63) is 41.6 Å². The van der Waals surface area contributed by atoms with Crippen molar-refractivity contribution in [1.82, 2.24) is 4.90 Å². The molecule has 2 N–H and O–H groups in total. The fourth-order valence-electron chi connectivity index (χ4n) is 1.73. The fourth-order valence-corrected chi connectivity index (χ4v) is 2.17. The summed E-state index contributed by atoms with van der Waals surface area (Å²) in [4.78, 5) is 12.3. The highest BCUT2D eigenvalue weighted by atomic mass is 32.2. The number of hydrogen-bond acceptors (Lipinski definition) is 4. The van der Waals surface area contributed by atoms with Crippen LogP contribution >= 0.6 is 11.9 Å². The summed E-state index contributed by atoms with van der Waals surface area (Å²) in [7, 11) is 1.66. The number of rotatable bonds is 7. The average molecular weight is 306 g/mol. The molecule has 0 aliphatic heterocycles. The predicted octanol–water partition coefficient (Wildman–Crippen LogP) is 3.87. The van der Waals surface area contributed by atoms with Gasteiger partial charge in [0.05, 0.1) is 0 Å². The molecule has 5 heteroatoms. The molecular weight excluding hydrogens is 284 g/mol. The molecule has 0 atom stereocenters. The third-order valence-electron chi connectivity index (χ3n) is 2.60. The van der Waals surface area contributed by atoms with Crippen LogP contribution in [0.15, 0.2) is 36.0 Å². The molecule has 1 aromatic carbocycles. The molecule has 1 aromatic rings. The van der Waals surface area contributed by atoms with E-state index in [1.165, 1.54) is 4.90 Å². The van der Waals surface area contributed by atoms with Gasteiger partial charge < -0.3 is 14.7 Å². The normalized spacial score (nSPS) is 11.0. The summed E-state index contributed by atoms with van der Waals surface area (Å²) >= 11 is 1.59. The van der Waals surface area contributed by atoms with Crippen molar-refractivity contribution >= 4 is 29.6 Å². The smallest absolute Gasteiger partial charge is 0.213 e. The van der Waals surface area contributed by atoms with E-state index in [1.54, 1.807) is 31.3 Å². The van der Waals surface area contributed by atoms with Crippen LogP contribution in [-0.2, 0) is 4.79 Å². The molecule has 0 aromatic heterocycles. The minimum atomic E-state index is 0.185. The SMILES string of the molecule is CCSNc1ccc(O)c(/C(C=C(C)C)=C/N(C)C=O)c1. The average Bonchev–Trinajstić information content (AvgIpc) is 2.45. The first kappa shape index (κ1) is 17.2. The second-order valence-corrected chi connectivity index (χ2v) is 5.91. The molecule has 1 rings (SSSR count). The fraction of sp³-hybridized carbons (Fsp3) is 0.312. The molecule has 0 heterocycles. The van der Waals surface area contributed by atoms with Gasteiger partial charge in [-0.05, 0) is 32.0 Å². The lowest BCUT2D eigenvalue weighted by Crippen LogP contribution is -2.07. The first-order valence-corrected chi connectivity index (χ1v) is 7.71. The molecule has 0 aliphatic rings. The Morgan fingerprint density at radius 2 is 2.14 bits per heavy atom. The van der Waals surface area contributed by atoms with E-state index in [2.05, 4.69) is 11.6 Å². The van der Waals surface area contributed by atoms with Crippen LogP contribution in [0.5, 0.6) is 5.75 Å². The second-order valence-electron chi connectivity index (χ2n) is 4.84. The van der Waals surface area contributed by atoms with Crippen LogP contribution in [0, 0.1) is 0 Å². The molecular formula is C16H22N2O2S. The predicted molar refractivity (Wildman–Crippen MR) is 91.1 cm³/mol. The molecule has 0 saturated heterocycles. The van der Waals surface area contributed by atoms with E-state index in [4.69, 9.17) is 0 Å². The van der Waals surface area contributed by atoms with Crippen LogP contribution in [0.1, 0.15) is 26.3 Å². The Bertz CT molecular complexity index is 549. The summed E-state index contributed by atoms with van der Waals surface area (Å²) in [5.41, 5.74) is 3.47. The Kier molecular flexibility index (Phi) is 6.88. The molecule has 0 fully saturated rings. The topological polar surface area (TPSA) is 52.6 Å². The van der Waals surface area contributed by atoms with E-state index >= 15 is 0 Å². The number of allylic oxidation sites excluding steroid dienone is 3. The van der Waals surface area contributed by atoms with Crippen molar-refractivity contribution in [2.75, 3.05) is 17.5 Å². The zero-order valence-corrected chi connectivity index (χ0v) is 13.7. The monoisotopic (exact) mass is 306 g/mol. The van der Waals surface area contributed by atoms with E-state index in [1.807, 2.05) is 32.1 Å². The molecule has 0 saturated carbocycles. The van der Waals surface area contributed by atoms with Crippen LogP contribution < -0.4 is 4.72 Å². The van der Waals surface area contributed by atoms with Crippen LogP contribution in [0.4, 0.5) is 5.69 Å². The van der Waals surface area contributed by atoms with E-state index in [-0.39, 0.29) is 5.75 Å². The summed E-state index contributed by atoms with van der Waals surface area (Å²) in [5.74, 6) is 1.13. The van der Waals surface area contributed by atoms with Crippen molar-refractivity contribution in [3.8, 4) is 5.75 Å². The maximum Gasteiger partial charge on any atom is 0.213 e. The second kappa shape index (κ2) is 8.42. The Morgan fingerprint density at radius 3 is 2.71 bits per heavy atom. The van der Waals surface area contributed by atoms with Crippen molar-refractivity contribution in [2.45, 2.75) is 20.8 Å². The number of carbonyl (C=O) groups excluding carboxylic acids is 1. The third-order valence-corrected chi connectivity index (χ3v) is 3.26. The van der Waals surface area contributed by atoms with Gasteiger partial charge in [-0.3, -0.25) is 4.79 Å². The van der Waals surface area contributed by atoms with E-state index in [0.717, 1.165) is 29.0 Å². The molecule has 1 amide bonds. The number of anilines is 1. The molecule has 0 unspecified atom stereocenters. The first-order valence-electron chi connectivity index (χ1n) is 6.73. The number of carbonyl (C=O) groups is 1. The zero-order valence-electron chi connectivity index (χ0n) is 12.9. The van der Waals surface area contributed by atoms with E-state index in [0.29, 0.717) is 5.56 Å². The van der Waals surface area contributed by atoms with Gasteiger partial charge in [0.25, 0.3) is 0 Å². The quantitative estimate of drug-likeness (QED) is 0.347. The Morgan fingerprint density at radius 1 is 1.43 bits per heavy atom. The van der Waals surface area contributed by atoms with Crippen LogP contribution in [-0.4, -0.2) is 29.2 Å². The Labute approximate surface area is 130 Å². The van der Waals surface area contributed by atoms with Gasteiger partial charge in [-0.15, -0.1) is 0 Å². The molecule has 4 nitrogen and oxygen atoms in total. The van der Waals surface area contributed by atoms with Crippen molar-refractivity contribution in [3.63, 3.8) is 0 Å². The summed E-state index contributed by atoms with van der Waals surface area (Å²) in [6.07, 6.45) is 4.36. The van der Waals surface area contributed by atoms with Crippen LogP contribution in [0.3, 0.4) is 0 Å². The van der Waals surface area contributed by atoms with Crippen molar-refractivity contribution in [1.29, 1.82) is 0 Å². The van der Waals surface area contributed by atoms with Gasteiger partial charge in [-0.2, -0.15) is 0 Å². The highest BCUT2D eigenvalue weighted by Gasteiger charge is 2.08. The molecule has 114 valence electrons. The van der Waals surface area contributed by atoms with Crippen LogP contribution in [0.2, 0.25) is 0 Å². The number of nitrogens with zero attached hydrogens (tertiary/aromatic N) is 1. The lowest BCUT2D eigenvalue weighted by Gasteiger charge is -2.13. The van der Waals surface area contributed by atoms with E-state index < -0.39 is 0 Å². The van der Waals surface area contributed by atoms with Crippen molar-refractivity contribution < 1.29 is 9.90 Å². The maximum absolute atomic E-state index is 10.8. The highest BCUT2D eigenvalue weighted by molar-refractivity contribution is 8.00. The summed E-state index contributed by atoms with van der Waals surface area (Å²) < 4.78 is 3.21. The number of aromatic hydroxyl groups is 1. The number of phenolic OH excluding ortho intramolecular Hbond substituents is 1. The number of benzene rings is 1. The summed E-state index contributed by atoms with van der Waals surface area (Å²) in [5, 5.41) is 10.1. The third kappa shape index (κ3) is 5.55. The summed E-state index contributed by atoms with van der Waals surface area (Å²) in [6.45, 7) is 6.01. The molecule has 21 heavy (non-hydrogen) atoms. The minimum Gasteiger partial charge on any atom is -0.507 e. The van der Waals surface area contributed by atoms with E-state index in [9.17, 15) is 9.90 Å². The summed E-state index contributed by atoms with van der Waals surface area (Å²) in [6, 6.07) is 5.36. The van der Waals surface area contributed by atoms with Gasteiger partial charge >= 0.3 is 0 Å². The number of phenols is 1. The van der Waals surface area contributed by atoms with Gasteiger partial charge in [0.15, 0.2) is 0 Å². The number of amides is 1. The first-order chi connectivity index (χ1) is 9.97. The lowest BCUT2D eigenvalue weighted by molar-refractivity contribution is -0.114. The number of nitrogens with one attached hydrogen (secondary N) is 1. The molecule has 0 spiro atoms. The van der Waals surface area contributed by atoms with Gasteiger partial charge in [-0.1, -0.05) is 30.5 Å². The van der Waals surface area contributed by atoms with Gasteiger partial charge in [0.1, 0.15) is 5.75 Å². The zero-order chi connectivity index (χ0) is 15.8. The number of hydrogen-bond donors (Lipinski definition) is 2.